The molecule has 60 valence electrons. The SMILES string of the molecule is CC(C(=O)O)c1csc(=S)[nH]1. The first kappa shape index (κ1) is 8.42. The molecule has 0 aliphatic rings. The zero-order valence-electron chi connectivity index (χ0n) is 5.83. The predicted molar refractivity (Wildman–Crippen MR) is 45.6 cm³/mol. The van der Waals surface area contributed by atoms with Crippen molar-refractivity contribution in [2.24, 2.45) is 0 Å². The summed E-state index contributed by atoms with van der Waals surface area (Å²) in [6.07, 6.45) is 0. The Hall–Kier alpha value is -0.680. The van der Waals surface area contributed by atoms with Crippen LogP contribution < -0.4 is 0 Å². The third-order valence-electron chi connectivity index (χ3n) is 1.38. The molecule has 0 aliphatic heterocycles. The summed E-state index contributed by atoms with van der Waals surface area (Å²) in [5.41, 5.74) is 0.674. The number of nitrogens with one attached hydrogen (secondary N) is 1. The van der Waals surface area contributed by atoms with Crippen LogP contribution in [-0.4, -0.2) is 16.1 Å². The molecule has 1 atom stereocenters. The third-order valence-corrected chi connectivity index (χ3v) is 2.45. The Kier molecular flexibility index (Phi) is 2.41. The fraction of sp³-hybridized carbons (Fsp3) is 0.333. The molecule has 1 heterocycles. The smallest absolute Gasteiger partial charge is 0.312 e. The van der Waals surface area contributed by atoms with Gasteiger partial charge in [0.05, 0.1) is 5.92 Å². The number of aromatic amines is 1. The van der Waals surface area contributed by atoms with Gasteiger partial charge in [0, 0.05) is 11.1 Å². The van der Waals surface area contributed by atoms with Gasteiger partial charge in [-0.1, -0.05) is 0 Å². The highest BCUT2D eigenvalue weighted by Crippen LogP contribution is 2.15. The van der Waals surface area contributed by atoms with E-state index >= 15 is 0 Å². The largest absolute Gasteiger partial charge is 0.481 e. The normalized spacial score (nSPS) is 12.8. The van der Waals surface area contributed by atoms with Crippen LogP contribution in [0.5, 0.6) is 0 Å². The molecule has 1 unspecified atom stereocenters. The lowest BCUT2D eigenvalue weighted by Gasteiger charge is -2.00. The molecule has 0 saturated carbocycles. The summed E-state index contributed by atoms with van der Waals surface area (Å²) in [5.74, 6) is -1.34. The molecule has 1 rings (SSSR count). The molecule has 0 fully saturated rings. The van der Waals surface area contributed by atoms with Gasteiger partial charge in [0.1, 0.15) is 0 Å². The van der Waals surface area contributed by atoms with Crippen molar-refractivity contribution >= 4 is 29.5 Å². The number of H-pyrrole nitrogens is 1. The van der Waals surface area contributed by atoms with Gasteiger partial charge in [0.25, 0.3) is 0 Å². The molecule has 2 N–H and O–H groups in total. The average Bonchev–Trinajstić information content (AvgIpc) is 2.34. The monoisotopic (exact) mass is 189 g/mol. The zero-order valence-corrected chi connectivity index (χ0v) is 7.46. The number of carboxylic acids is 1. The molecule has 0 spiro atoms. The van der Waals surface area contributed by atoms with Gasteiger partial charge in [-0.05, 0) is 19.1 Å². The first-order valence-corrected chi connectivity index (χ1v) is 4.30. The zero-order chi connectivity index (χ0) is 8.43. The summed E-state index contributed by atoms with van der Waals surface area (Å²) in [7, 11) is 0. The Morgan fingerprint density at radius 3 is 2.91 bits per heavy atom. The molecule has 0 radical (unpaired) electrons. The standard InChI is InChI=1S/C6H7NO2S2/c1-3(5(8)9)4-2-11-6(10)7-4/h2-3H,1H3,(H,7,10)(H,8,9). The lowest BCUT2D eigenvalue weighted by Crippen LogP contribution is -2.07. The summed E-state index contributed by atoms with van der Waals surface area (Å²) >= 11 is 6.15. The number of thiazole rings is 1. The molecule has 3 nitrogen and oxygen atoms in total. The van der Waals surface area contributed by atoms with E-state index in [1.807, 2.05) is 0 Å². The van der Waals surface area contributed by atoms with E-state index in [1.54, 1.807) is 12.3 Å². The molecular formula is C6H7NO2S2. The molecular weight excluding hydrogens is 182 g/mol. The molecule has 1 aromatic rings. The van der Waals surface area contributed by atoms with Gasteiger partial charge in [-0.3, -0.25) is 4.79 Å². The Balaban J connectivity index is 2.93. The van der Waals surface area contributed by atoms with Crippen molar-refractivity contribution in [3.8, 4) is 0 Å². The summed E-state index contributed by atoms with van der Waals surface area (Å²) in [5, 5.41) is 10.3. The van der Waals surface area contributed by atoms with Gasteiger partial charge >= 0.3 is 5.97 Å². The van der Waals surface area contributed by atoms with Crippen LogP contribution in [0.4, 0.5) is 0 Å². The minimum atomic E-state index is -0.839. The first-order valence-electron chi connectivity index (χ1n) is 3.02. The minimum absolute atomic E-state index is 0.497. The number of rotatable bonds is 2. The Labute approximate surface area is 72.7 Å². The van der Waals surface area contributed by atoms with Crippen LogP contribution in [0.1, 0.15) is 18.5 Å². The highest BCUT2D eigenvalue weighted by atomic mass is 32.1. The number of aromatic nitrogens is 1. The van der Waals surface area contributed by atoms with Crippen LogP contribution in [0.25, 0.3) is 0 Å². The van der Waals surface area contributed by atoms with Gasteiger partial charge in [0.2, 0.25) is 0 Å². The molecule has 1 aromatic heterocycles. The summed E-state index contributed by atoms with van der Waals surface area (Å²) in [4.78, 5) is 13.3. The minimum Gasteiger partial charge on any atom is -0.481 e. The van der Waals surface area contributed by atoms with Gasteiger partial charge < -0.3 is 10.1 Å². The van der Waals surface area contributed by atoms with Crippen molar-refractivity contribution < 1.29 is 9.90 Å². The van der Waals surface area contributed by atoms with Gasteiger partial charge in [-0.25, -0.2) is 0 Å². The van der Waals surface area contributed by atoms with Crippen LogP contribution in [0.15, 0.2) is 5.38 Å². The van der Waals surface area contributed by atoms with E-state index in [0.717, 1.165) is 0 Å². The molecule has 0 aromatic carbocycles. The maximum Gasteiger partial charge on any atom is 0.312 e. The fourth-order valence-corrected chi connectivity index (χ4v) is 1.57. The van der Waals surface area contributed by atoms with Crippen LogP contribution in [0, 0.1) is 3.95 Å². The maximum atomic E-state index is 10.5. The van der Waals surface area contributed by atoms with Crippen molar-refractivity contribution in [1.29, 1.82) is 0 Å². The Morgan fingerprint density at radius 2 is 2.55 bits per heavy atom. The van der Waals surface area contributed by atoms with E-state index in [0.29, 0.717) is 9.65 Å². The first-order chi connectivity index (χ1) is 5.11. The molecule has 0 bridgehead atoms. The number of carboxylic acid groups (broad SMARTS) is 1. The lowest BCUT2D eigenvalue weighted by atomic mass is 10.1. The van der Waals surface area contributed by atoms with Crippen molar-refractivity contribution in [3.63, 3.8) is 0 Å². The predicted octanol–water partition coefficient (Wildman–Crippen LogP) is 1.99. The summed E-state index contributed by atoms with van der Waals surface area (Å²) < 4.78 is 0.619. The highest BCUT2D eigenvalue weighted by Gasteiger charge is 2.14. The van der Waals surface area contributed by atoms with Crippen molar-refractivity contribution in [1.82, 2.24) is 4.98 Å². The maximum absolute atomic E-state index is 10.5. The van der Waals surface area contributed by atoms with Crippen LogP contribution >= 0.6 is 23.6 Å². The van der Waals surface area contributed by atoms with Crippen LogP contribution in [0.3, 0.4) is 0 Å². The molecule has 0 amide bonds. The van der Waals surface area contributed by atoms with Gasteiger partial charge in [-0.2, -0.15) is 0 Å². The summed E-state index contributed by atoms with van der Waals surface area (Å²) in [6, 6.07) is 0. The topological polar surface area (TPSA) is 53.1 Å². The third kappa shape index (κ3) is 1.87. The van der Waals surface area contributed by atoms with Crippen LogP contribution in [-0.2, 0) is 4.79 Å². The van der Waals surface area contributed by atoms with Crippen molar-refractivity contribution in [2.75, 3.05) is 0 Å². The molecule has 0 aliphatic carbocycles. The second-order valence-electron chi connectivity index (χ2n) is 2.16. The van der Waals surface area contributed by atoms with E-state index in [4.69, 9.17) is 17.3 Å². The van der Waals surface area contributed by atoms with E-state index in [2.05, 4.69) is 4.98 Å². The second kappa shape index (κ2) is 3.15. The molecule has 0 saturated heterocycles. The number of carbonyl (C=O) groups is 1. The molecule has 11 heavy (non-hydrogen) atoms. The fourth-order valence-electron chi connectivity index (χ4n) is 0.637. The average molecular weight is 189 g/mol. The molecule has 5 heteroatoms. The number of aliphatic carboxylic acids is 1. The Morgan fingerprint density at radius 1 is 1.91 bits per heavy atom. The van der Waals surface area contributed by atoms with E-state index < -0.39 is 11.9 Å². The Bertz CT molecular complexity index is 314. The van der Waals surface area contributed by atoms with E-state index in [-0.39, 0.29) is 0 Å². The van der Waals surface area contributed by atoms with Crippen molar-refractivity contribution in [2.45, 2.75) is 12.8 Å². The summed E-state index contributed by atoms with van der Waals surface area (Å²) in [6.45, 7) is 1.62. The second-order valence-corrected chi connectivity index (χ2v) is 3.71. The highest BCUT2D eigenvalue weighted by molar-refractivity contribution is 7.73. The van der Waals surface area contributed by atoms with E-state index in [9.17, 15) is 4.79 Å². The lowest BCUT2D eigenvalue weighted by molar-refractivity contribution is -0.138. The van der Waals surface area contributed by atoms with Gasteiger partial charge in [0.15, 0.2) is 3.95 Å². The van der Waals surface area contributed by atoms with Crippen molar-refractivity contribution in [3.05, 3.63) is 15.0 Å². The van der Waals surface area contributed by atoms with E-state index in [1.165, 1.54) is 11.3 Å². The van der Waals surface area contributed by atoms with Gasteiger partial charge in [-0.15, -0.1) is 11.3 Å². The van der Waals surface area contributed by atoms with Crippen LogP contribution in [0.2, 0.25) is 0 Å². The number of hydrogen-bond acceptors (Lipinski definition) is 3. The number of hydrogen-bond donors (Lipinski definition) is 2. The quantitative estimate of drug-likeness (QED) is 0.699.